The highest BCUT2D eigenvalue weighted by Gasteiger charge is 2.49. The largest absolute Gasteiger partial charge is 0.534 e. The van der Waals surface area contributed by atoms with Crippen molar-refractivity contribution in [2.75, 3.05) is 6.54 Å². The Hall–Kier alpha value is -2.26. The van der Waals surface area contributed by atoms with E-state index in [1.54, 1.807) is 30.3 Å². The molecule has 9 heteroatoms. The van der Waals surface area contributed by atoms with Crippen LogP contribution in [-0.4, -0.2) is 26.5 Å². The number of ether oxygens (including phenoxy) is 1. The van der Waals surface area contributed by atoms with Gasteiger partial charge in [-0.15, -0.1) is 0 Å². The molecule has 0 fully saturated rings. The maximum atomic E-state index is 13.0. The summed E-state index contributed by atoms with van der Waals surface area (Å²) in [5.74, 6) is -0.389. The first-order valence-electron chi connectivity index (χ1n) is 9.77. The van der Waals surface area contributed by atoms with Gasteiger partial charge in [0, 0.05) is 11.6 Å². The molecule has 0 amide bonds. The van der Waals surface area contributed by atoms with Crippen LogP contribution in [0.4, 0.5) is 13.2 Å². The molecule has 2 aromatic carbocycles. The number of rotatable bonds is 8. The maximum absolute atomic E-state index is 13.0. The minimum Gasteiger partial charge on any atom is -0.485 e. The molecule has 0 spiro atoms. The van der Waals surface area contributed by atoms with Crippen molar-refractivity contribution in [1.82, 2.24) is 5.32 Å². The van der Waals surface area contributed by atoms with Crippen LogP contribution in [0.2, 0.25) is 0 Å². The molecule has 2 aromatic rings. The third-order valence-electron chi connectivity index (χ3n) is 4.93. The van der Waals surface area contributed by atoms with E-state index in [-0.39, 0.29) is 24.1 Å². The van der Waals surface area contributed by atoms with Gasteiger partial charge in [0.15, 0.2) is 11.5 Å². The number of nitrogens with one attached hydrogen (secondary N) is 1. The van der Waals surface area contributed by atoms with E-state index in [4.69, 9.17) is 4.74 Å². The van der Waals surface area contributed by atoms with E-state index in [0.29, 0.717) is 24.8 Å². The molecule has 0 radical (unpaired) electrons. The number of hydrogen-bond donors (Lipinski definition) is 1. The molecule has 0 saturated carbocycles. The lowest BCUT2D eigenvalue weighted by molar-refractivity contribution is -0.0501. The van der Waals surface area contributed by atoms with Crippen molar-refractivity contribution in [2.24, 2.45) is 0 Å². The summed E-state index contributed by atoms with van der Waals surface area (Å²) in [6, 6.07) is 12.5. The Morgan fingerprint density at radius 3 is 2.53 bits per heavy atom. The summed E-state index contributed by atoms with van der Waals surface area (Å²) in [6.45, 7) is 2.96. The lowest BCUT2D eigenvalue weighted by Crippen LogP contribution is -2.35. The van der Waals surface area contributed by atoms with Crippen LogP contribution in [0.1, 0.15) is 36.5 Å². The minimum atomic E-state index is -5.81. The Morgan fingerprint density at radius 1 is 1.13 bits per heavy atom. The summed E-state index contributed by atoms with van der Waals surface area (Å²) in [5, 5.41) is 3.40. The van der Waals surface area contributed by atoms with Crippen LogP contribution in [0.3, 0.4) is 0 Å². The summed E-state index contributed by atoms with van der Waals surface area (Å²) in [5.41, 5.74) is -3.52. The van der Waals surface area contributed by atoms with Crippen molar-refractivity contribution in [3.8, 4) is 11.5 Å². The minimum absolute atomic E-state index is 0.0228. The van der Waals surface area contributed by atoms with Gasteiger partial charge in [0.25, 0.3) is 0 Å². The predicted molar refractivity (Wildman–Crippen MR) is 107 cm³/mol. The fourth-order valence-electron chi connectivity index (χ4n) is 3.42. The summed E-state index contributed by atoms with van der Waals surface area (Å²) < 4.78 is 72.6. The number of halogens is 3. The van der Waals surface area contributed by atoms with Gasteiger partial charge in [-0.3, -0.25) is 0 Å². The molecule has 1 unspecified atom stereocenters. The second-order valence-corrected chi connectivity index (χ2v) is 8.72. The second-order valence-electron chi connectivity index (χ2n) is 7.18. The van der Waals surface area contributed by atoms with E-state index in [0.717, 1.165) is 24.1 Å². The van der Waals surface area contributed by atoms with Gasteiger partial charge < -0.3 is 14.2 Å². The SMILES string of the molecule is CCCNC1CCc2c(ccc(OCc3ccccc3)c2OS(=O)(=O)C(F)(F)F)C1. The van der Waals surface area contributed by atoms with Gasteiger partial charge in [0.2, 0.25) is 0 Å². The fraction of sp³-hybridized carbons (Fsp3) is 0.429. The summed E-state index contributed by atoms with van der Waals surface area (Å²) in [7, 11) is -5.81. The Balaban J connectivity index is 1.92. The van der Waals surface area contributed by atoms with Gasteiger partial charge in [-0.05, 0) is 49.4 Å². The van der Waals surface area contributed by atoms with E-state index in [2.05, 4.69) is 9.50 Å². The van der Waals surface area contributed by atoms with Gasteiger partial charge in [0.1, 0.15) is 6.61 Å². The molecule has 1 N–H and O–H groups in total. The lowest BCUT2D eigenvalue weighted by atomic mass is 9.87. The normalized spacial score (nSPS) is 16.7. The van der Waals surface area contributed by atoms with Gasteiger partial charge >= 0.3 is 15.6 Å². The zero-order valence-corrected chi connectivity index (χ0v) is 17.4. The second kappa shape index (κ2) is 9.26. The highest BCUT2D eigenvalue weighted by atomic mass is 32.2. The van der Waals surface area contributed by atoms with Crippen molar-refractivity contribution in [2.45, 2.75) is 50.8 Å². The van der Waals surface area contributed by atoms with E-state index >= 15 is 0 Å². The highest BCUT2D eigenvalue weighted by molar-refractivity contribution is 7.88. The van der Waals surface area contributed by atoms with Crippen LogP contribution in [0.25, 0.3) is 0 Å². The van der Waals surface area contributed by atoms with Crippen molar-refractivity contribution in [1.29, 1.82) is 0 Å². The first kappa shape index (κ1) is 22.4. The number of benzene rings is 2. The van der Waals surface area contributed by atoms with Crippen LogP contribution >= 0.6 is 0 Å². The molecule has 0 aromatic heterocycles. The summed E-state index contributed by atoms with van der Waals surface area (Å²) >= 11 is 0. The summed E-state index contributed by atoms with van der Waals surface area (Å²) in [4.78, 5) is 0. The first-order chi connectivity index (χ1) is 14.2. The van der Waals surface area contributed by atoms with Gasteiger partial charge in [-0.2, -0.15) is 21.6 Å². The molecule has 1 aliphatic carbocycles. The molecule has 0 heterocycles. The predicted octanol–water partition coefficient (Wildman–Crippen LogP) is 4.35. The van der Waals surface area contributed by atoms with E-state index in [1.807, 2.05) is 13.0 Å². The lowest BCUT2D eigenvalue weighted by Gasteiger charge is -2.28. The van der Waals surface area contributed by atoms with Crippen molar-refractivity contribution in [3.63, 3.8) is 0 Å². The average molecular weight is 443 g/mol. The molecule has 0 aliphatic heterocycles. The molecular formula is C21H24F3NO4S. The molecule has 0 saturated heterocycles. The van der Waals surface area contributed by atoms with Crippen LogP contribution in [-0.2, 0) is 29.6 Å². The molecule has 0 bridgehead atoms. The molecule has 164 valence electrons. The molecule has 30 heavy (non-hydrogen) atoms. The number of hydrogen-bond acceptors (Lipinski definition) is 5. The van der Waals surface area contributed by atoms with Crippen molar-refractivity contribution in [3.05, 3.63) is 59.2 Å². The maximum Gasteiger partial charge on any atom is 0.534 e. The standard InChI is InChI=1S/C21H24F3NO4S/c1-2-12-25-17-9-10-18-16(13-17)8-11-19(28-14-15-6-4-3-5-7-15)20(18)29-30(26,27)21(22,23)24/h3-8,11,17,25H,2,9-10,12-14H2,1H3. The monoisotopic (exact) mass is 443 g/mol. The molecule has 1 atom stereocenters. The van der Waals surface area contributed by atoms with Gasteiger partial charge in [0.05, 0.1) is 0 Å². The van der Waals surface area contributed by atoms with Crippen molar-refractivity contribution >= 4 is 10.1 Å². The van der Waals surface area contributed by atoms with E-state index < -0.39 is 15.6 Å². The molecule has 1 aliphatic rings. The Labute approximate surface area is 174 Å². The van der Waals surface area contributed by atoms with Gasteiger partial charge in [-0.25, -0.2) is 0 Å². The Bertz CT molecular complexity index is 962. The van der Waals surface area contributed by atoms with Crippen molar-refractivity contribution < 1.29 is 30.5 Å². The quantitative estimate of drug-likeness (QED) is 0.485. The fourth-order valence-corrected chi connectivity index (χ4v) is 3.92. The van der Waals surface area contributed by atoms with Crippen LogP contribution < -0.4 is 14.2 Å². The number of alkyl halides is 3. The third kappa shape index (κ3) is 5.26. The van der Waals surface area contributed by atoms with Gasteiger partial charge in [-0.1, -0.05) is 43.3 Å². The summed E-state index contributed by atoms with van der Waals surface area (Å²) in [6.07, 6.45) is 2.60. The smallest absolute Gasteiger partial charge is 0.485 e. The topological polar surface area (TPSA) is 64.6 Å². The van der Waals surface area contributed by atoms with E-state index in [9.17, 15) is 21.6 Å². The Morgan fingerprint density at radius 2 is 1.87 bits per heavy atom. The molecule has 3 rings (SSSR count). The third-order valence-corrected chi connectivity index (χ3v) is 5.88. The van der Waals surface area contributed by atoms with Crippen LogP contribution in [0, 0.1) is 0 Å². The zero-order chi connectivity index (χ0) is 21.8. The highest BCUT2D eigenvalue weighted by Crippen LogP contribution is 2.41. The average Bonchev–Trinajstić information content (AvgIpc) is 2.71. The van der Waals surface area contributed by atoms with E-state index in [1.165, 1.54) is 6.07 Å². The molecular weight excluding hydrogens is 419 g/mol. The molecule has 5 nitrogen and oxygen atoms in total. The number of fused-ring (bicyclic) bond motifs is 1. The Kier molecular flexibility index (Phi) is 6.92. The first-order valence-corrected chi connectivity index (χ1v) is 11.2. The van der Waals surface area contributed by atoms with Crippen LogP contribution in [0.5, 0.6) is 11.5 Å². The van der Waals surface area contributed by atoms with Crippen LogP contribution in [0.15, 0.2) is 42.5 Å². The zero-order valence-electron chi connectivity index (χ0n) is 16.5.